The Hall–Kier alpha value is -2.18. The molecular weight excluding hydrogens is 336 g/mol. The Labute approximate surface area is 148 Å². The highest BCUT2D eigenvalue weighted by Gasteiger charge is 2.28. The monoisotopic (exact) mass is 358 g/mol. The maximum absolute atomic E-state index is 12.7. The summed E-state index contributed by atoms with van der Waals surface area (Å²) in [6, 6.07) is 14.5. The van der Waals surface area contributed by atoms with E-state index in [4.69, 9.17) is 0 Å². The number of benzene rings is 2. The average Bonchev–Trinajstić information content (AvgIpc) is 3.04. The van der Waals surface area contributed by atoms with Crippen molar-refractivity contribution in [3.63, 3.8) is 0 Å². The largest absolute Gasteiger partial charge is 0.338 e. The van der Waals surface area contributed by atoms with E-state index >= 15 is 0 Å². The molecule has 0 aromatic heterocycles. The van der Waals surface area contributed by atoms with Crippen LogP contribution in [0.4, 0.5) is 0 Å². The van der Waals surface area contributed by atoms with Crippen molar-refractivity contribution in [2.75, 3.05) is 21.1 Å². The van der Waals surface area contributed by atoms with Crippen LogP contribution >= 0.6 is 0 Å². The highest BCUT2D eigenvalue weighted by Crippen LogP contribution is 2.26. The molecule has 0 aliphatic heterocycles. The van der Waals surface area contributed by atoms with Crippen LogP contribution in [0.5, 0.6) is 0 Å². The van der Waals surface area contributed by atoms with Gasteiger partial charge in [-0.25, -0.2) is 12.7 Å². The first-order chi connectivity index (χ1) is 11.8. The van der Waals surface area contributed by atoms with Crippen LogP contribution in [0, 0.1) is 0 Å². The lowest BCUT2D eigenvalue weighted by molar-refractivity contribution is 0.0737. The third-order valence-corrected chi connectivity index (χ3v) is 6.61. The molecule has 1 aliphatic carbocycles. The first kappa shape index (κ1) is 17.6. The maximum atomic E-state index is 12.7. The first-order valence-electron chi connectivity index (χ1n) is 8.17. The van der Waals surface area contributed by atoms with Crippen LogP contribution < -0.4 is 0 Å². The van der Waals surface area contributed by atoms with Crippen molar-refractivity contribution in [1.29, 1.82) is 0 Å². The number of carbonyl (C=O) groups excluding carboxylic acids is 1. The van der Waals surface area contributed by atoms with Gasteiger partial charge in [0.05, 0.1) is 4.90 Å². The van der Waals surface area contributed by atoms with E-state index in [0.717, 1.165) is 17.1 Å². The molecule has 0 radical (unpaired) electrons. The lowest BCUT2D eigenvalue weighted by Crippen LogP contribution is -2.37. The van der Waals surface area contributed by atoms with Crippen molar-refractivity contribution in [3.8, 4) is 0 Å². The van der Waals surface area contributed by atoms with Gasteiger partial charge in [0, 0.05) is 32.7 Å². The Morgan fingerprint density at radius 3 is 1.92 bits per heavy atom. The van der Waals surface area contributed by atoms with Crippen LogP contribution in [-0.2, 0) is 22.9 Å². The first-order valence-corrected chi connectivity index (χ1v) is 9.61. The maximum Gasteiger partial charge on any atom is 0.253 e. The fraction of sp³-hybridized carbons (Fsp3) is 0.316. The van der Waals surface area contributed by atoms with Crippen LogP contribution in [-0.4, -0.2) is 50.7 Å². The van der Waals surface area contributed by atoms with Gasteiger partial charge in [0.2, 0.25) is 10.0 Å². The normalized spacial score (nSPS) is 14.6. The fourth-order valence-corrected chi connectivity index (χ4v) is 4.06. The van der Waals surface area contributed by atoms with E-state index in [2.05, 4.69) is 12.1 Å². The number of rotatable bonds is 4. The number of nitrogens with zero attached hydrogens (tertiary/aromatic N) is 2. The molecular formula is C19H22N2O3S. The van der Waals surface area contributed by atoms with Crippen LogP contribution in [0.3, 0.4) is 0 Å². The van der Waals surface area contributed by atoms with E-state index in [-0.39, 0.29) is 16.8 Å². The van der Waals surface area contributed by atoms with E-state index in [1.807, 2.05) is 19.2 Å². The summed E-state index contributed by atoms with van der Waals surface area (Å²) < 4.78 is 25.4. The van der Waals surface area contributed by atoms with Crippen molar-refractivity contribution in [3.05, 3.63) is 65.2 Å². The van der Waals surface area contributed by atoms with Gasteiger partial charge < -0.3 is 4.90 Å². The standard InChI is InChI=1S/C19H22N2O3S/c1-20(2)25(23,24)18-10-8-14(9-11-18)19(22)21(3)17-12-15-6-4-5-7-16(15)13-17/h4-11,17H,12-13H2,1-3H3. The van der Waals surface area contributed by atoms with Crippen LogP contribution in [0.25, 0.3) is 0 Å². The van der Waals surface area contributed by atoms with Gasteiger partial charge >= 0.3 is 0 Å². The highest BCUT2D eigenvalue weighted by molar-refractivity contribution is 7.89. The van der Waals surface area contributed by atoms with Crippen molar-refractivity contribution >= 4 is 15.9 Å². The summed E-state index contributed by atoms with van der Waals surface area (Å²) in [6.07, 6.45) is 1.71. The summed E-state index contributed by atoms with van der Waals surface area (Å²) in [5.74, 6) is -0.0911. The number of carbonyl (C=O) groups is 1. The van der Waals surface area contributed by atoms with E-state index in [9.17, 15) is 13.2 Å². The number of amides is 1. The molecule has 0 N–H and O–H groups in total. The molecule has 0 bridgehead atoms. The average molecular weight is 358 g/mol. The third kappa shape index (κ3) is 3.32. The molecule has 0 unspecified atom stereocenters. The lowest BCUT2D eigenvalue weighted by atomic mass is 10.1. The zero-order valence-electron chi connectivity index (χ0n) is 14.6. The van der Waals surface area contributed by atoms with Crippen molar-refractivity contribution in [2.24, 2.45) is 0 Å². The lowest BCUT2D eigenvalue weighted by Gasteiger charge is -2.24. The number of likely N-dealkylation sites (N-methyl/N-ethyl adjacent to an activating group) is 1. The molecule has 1 amide bonds. The second-order valence-corrected chi connectivity index (χ2v) is 8.71. The molecule has 0 atom stereocenters. The summed E-state index contributed by atoms with van der Waals surface area (Å²) in [4.78, 5) is 14.7. The molecule has 3 rings (SSSR count). The summed E-state index contributed by atoms with van der Waals surface area (Å²) in [5, 5.41) is 0. The second-order valence-electron chi connectivity index (χ2n) is 6.56. The zero-order valence-corrected chi connectivity index (χ0v) is 15.5. The van der Waals surface area contributed by atoms with Crippen LogP contribution in [0.2, 0.25) is 0 Å². The molecule has 6 heteroatoms. The van der Waals surface area contributed by atoms with Gasteiger partial charge in [-0.15, -0.1) is 0 Å². The van der Waals surface area contributed by atoms with Gasteiger partial charge in [-0.1, -0.05) is 24.3 Å². The molecule has 0 saturated heterocycles. The minimum Gasteiger partial charge on any atom is -0.338 e. The van der Waals surface area contributed by atoms with Gasteiger partial charge in [0.15, 0.2) is 0 Å². The predicted octanol–water partition coefficient (Wildman–Crippen LogP) is 2.18. The summed E-state index contributed by atoms with van der Waals surface area (Å²) in [6.45, 7) is 0. The highest BCUT2D eigenvalue weighted by atomic mass is 32.2. The quantitative estimate of drug-likeness (QED) is 0.842. The van der Waals surface area contributed by atoms with Gasteiger partial charge in [-0.05, 0) is 48.2 Å². The van der Waals surface area contributed by atoms with Crippen molar-refractivity contribution < 1.29 is 13.2 Å². The van der Waals surface area contributed by atoms with Gasteiger partial charge in [-0.2, -0.15) is 0 Å². The molecule has 1 aliphatic rings. The Morgan fingerprint density at radius 2 is 1.44 bits per heavy atom. The molecule has 2 aromatic carbocycles. The van der Waals surface area contributed by atoms with E-state index in [1.54, 1.807) is 17.0 Å². The predicted molar refractivity (Wildman–Crippen MR) is 97.0 cm³/mol. The SMILES string of the molecule is CN(C(=O)c1ccc(S(=O)(=O)N(C)C)cc1)C1Cc2ccccc2C1. The molecule has 0 heterocycles. The van der Waals surface area contributed by atoms with E-state index in [1.165, 1.54) is 37.4 Å². The Balaban J connectivity index is 1.76. The smallest absolute Gasteiger partial charge is 0.253 e. The molecule has 5 nitrogen and oxygen atoms in total. The van der Waals surface area contributed by atoms with Gasteiger partial charge in [0.25, 0.3) is 5.91 Å². The van der Waals surface area contributed by atoms with E-state index < -0.39 is 10.0 Å². The minimum absolute atomic E-state index is 0.0911. The second kappa shape index (κ2) is 6.61. The molecule has 25 heavy (non-hydrogen) atoms. The van der Waals surface area contributed by atoms with Crippen LogP contribution in [0.1, 0.15) is 21.5 Å². The summed E-state index contributed by atoms with van der Waals surface area (Å²) in [5.41, 5.74) is 3.08. The fourth-order valence-electron chi connectivity index (χ4n) is 3.16. The number of hydrogen-bond acceptors (Lipinski definition) is 3. The zero-order chi connectivity index (χ0) is 18.2. The van der Waals surface area contributed by atoms with Crippen molar-refractivity contribution in [2.45, 2.75) is 23.8 Å². The number of fused-ring (bicyclic) bond motifs is 1. The topological polar surface area (TPSA) is 57.7 Å². The summed E-state index contributed by atoms with van der Waals surface area (Å²) >= 11 is 0. The number of sulfonamides is 1. The third-order valence-electron chi connectivity index (χ3n) is 4.78. The number of hydrogen-bond donors (Lipinski definition) is 0. The molecule has 0 saturated carbocycles. The Bertz CT molecular complexity index is 864. The van der Waals surface area contributed by atoms with Gasteiger partial charge in [-0.3, -0.25) is 4.79 Å². The van der Waals surface area contributed by atoms with Crippen LogP contribution in [0.15, 0.2) is 53.4 Å². The van der Waals surface area contributed by atoms with Gasteiger partial charge in [0.1, 0.15) is 0 Å². The minimum atomic E-state index is -3.48. The molecule has 132 valence electrons. The Kier molecular flexibility index (Phi) is 4.67. The van der Waals surface area contributed by atoms with E-state index in [0.29, 0.717) is 5.56 Å². The van der Waals surface area contributed by atoms with Crippen molar-refractivity contribution in [1.82, 2.24) is 9.21 Å². The molecule has 0 spiro atoms. The Morgan fingerprint density at radius 1 is 0.920 bits per heavy atom. The molecule has 0 fully saturated rings. The summed E-state index contributed by atoms with van der Waals surface area (Å²) in [7, 11) is 1.30. The molecule has 2 aromatic rings.